The summed E-state index contributed by atoms with van der Waals surface area (Å²) in [5.41, 5.74) is -1.07. The van der Waals surface area contributed by atoms with Gasteiger partial charge in [0.15, 0.2) is 0 Å². The van der Waals surface area contributed by atoms with E-state index in [1.165, 1.54) is 0 Å². The Morgan fingerprint density at radius 2 is 1.46 bits per heavy atom. The first-order valence-corrected chi connectivity index (χ1v) is 22.3. The van der Waals surface area contributed by atoms with Gasteiger partial charge in [0.05, 0.1) is 6.04 Å². The number of likely N-dealkylation sites (tertiary alicyclic amines) is 1. The van der Waals surface area contributed by atoms with Crippen LogP contribution >= 0.6 is 0 Å². The Balaban J connectivity index is 1.25. The van der Waals surface area contributed by atoms with Crippen LogP contribution in [0.2, 0.25) is 0 Å². The van der Waals surface area contributed by atoms with Crippen molar-refractivity contribution in [1.82, 2.24) is 36.0 Å². The van der Waals surface area contributed by atoms with E-state index in [2.05, 4.69) is 58.8 Å². The molecule has 0 aromatic carbocycles. The Morgan fingerprint density at radius 3 is 2.00 bits per heavy atom. The van der Waals surface area contributed by atoms with Crippen molar-refractivity contribution in [3.63, 3.8) is 0 Å². The fourth-order valence-electron chi connectivity index (χ4n) is 11.3. The maximum Gasteiger partial charge on any atom is 0.289 e. The normalized spacial score (nSPS) is 29.0. The first-order valence-electron chi connectivity index (χ1n) is 22.3. The van der Waals surface area contributed by atoms with Crippen molar-refractivity contribution >= 4 is 35.3 Å². The van der Waals surface area contributed by atoms with Gasteiger partial charge in [-0.3, -0.25) is 38.6 Å². The highest BCUT2D eigenvalue weighted by atomic mass is 16.2. The molecule has 1 unspecified atom stereocenters. The molecule has 57 heavy (non-hydrogen) atoms. The van der Waals surface area contributed by atoms with Crippen molar-refractivity contribution in [3.8, 4) is 0 Å². The molecule has 0 radical (unpaired) electrons. The van der Waals surface area contributed by atoms with Crippen LogP contribution in [0.15, 0.2) is 0 Å². The highest BCUT2D eigenvalue weighted by Gasteiger charge is 2.85. The van der Waals surface area contributed by atoms with Crippen LogP contribution in [0.1, 0.15) is 139 Å². The summed E-state index contributed by atoms with van der Waals surface area (Å²) in [5.74, 6) is -2.68. The van der Waals surface area contributed by atoms with E-state index in [1.54, 1.807) is 4.90 Å². The summed E-state index contributed by atoms with van der Waals surface area (Å²) < 4.78 is 0. The number of carbonyl (C=O) groups excluding carboxylic acids is 6. The Kier molecular flexibility index (Phi) is 12.6. The van der Waals surface area contributed by atoms with Gasteiger partial charge in [0.1, 0.15) is 24.2 Å². The average Bonchev–Trinajstić information content (AvgIpc) is 3.97. The Bertz CT molecular complexity index is 1560. The lowest BCUT2D eigenvalue weighted by Gasteiger charge is -2.41. The summed E-state index contributed by atoms with van der Waals surface area (Å²) in [6.07, 6.45) is 10.9. The molecule has 6 rings (SSSR count). The van der Waals surface area contributed by atoms with Crippen LogP contribution in [0, 0.1) is 27.6 Å². The van der Waals surface area contributed by atoms with Gasteiger partial charge >= 0.3 is 0 Å². The van der Waals surface area contributed by atoms with Crippen LogP contribution < -0.4 is 21.3 Å². The molecule has 13 nitrogen and oxygen atoms in total. The first-order chi connectivity index (χ1) is 26.8. The van der Waals surface area contributed by atoms with Gasteiger partial charge in [0.25, 0.3) is 5.91 Å². The molecule has 6 aliphatic rings. The second-order valence-electron chi connectivity index (χ2n) is 20.6. The van der Waals surface area contributed by atoms with E-state index in [0.717, 1.165) is 77.3 Å². The molecule has 6 atom stereocenters. The quantitative estimate of drug-likeness (QED) is 0.195. The molecule has 4 N–H and O–H groups in total. The summed E-state index contributed by atoms with van der Waals surface area (Å²) in [7, 11) is 1.96. The van der Waals surface area contributed by atoms with Crippen molar-refractivity contribution in [3.05, 3.63) is 0 Å². The Hall–Kier alpha value is -3.06. The van der Waals surface area contributed by atoms with Crippen LogP contribution in [-0.2, 0) is 28.8 Å². The van der Waals surface area contributed by atoms with E-state index in [-0.39, 0.29) is 45.9 Å². The molecule has 2 aliphatic heterocycles. The van der Waals surface area contributed by atoms with Crippen LogP contribution in [-0.4, -0.2) is 126 Å². The Labute approximate surface area is 341 Å². The minimum atomic E-state index is -0.992. The third kappa shape index (κ3) is 8.26. The number of ketones is 1. The van der Waals surface area contributed by atoms with Crippen molar-refractivity contribution in [2.75, 3.05) is 33.2 Å². The number of nitrogens with zero attached hydrogens (tertiary/aromatic N) is 3. The summed E-state index contributed by atoms with van der Waals surface area (Å²) in [5, 5.41) is 12.1. The number of carbonyl (C=O) groups is 6. The van der Waals surface area contributed by atoms with Gasteiger partial charge in [-0.05, 0) is 94.4 Å². The third-order valence-corrected chi connectivity index (χ3v) is 15.6. The zero-order valence-corrected chi connectivity index (χ0v) is 36.4. The summed E-state index contributed by atoms with van der Waals surface area (Å²) in [4.78, 5) is 90.7. The fourth-order valence-corrected chi connectivity index (χ4v) is 11.3. The number of rotatable bonds is 14. The molecule has 4 saturated carbocycles. The van der Waals surface area contributed by atoms with Crippen LogP contribution in [0.5, 0.6) is 0 Å². The number of nitrogens with one attached hydrogen (secondary N) is 4. The zero-order chi connectivity index (χ0) is 41.7. The van der Waals surface area contributed by atoms with Gasteiger partial charge in [0, 0.05) is 43.7 Å². The number of piperazine rings is 1. The standard InChI is InChI=1S/C44H73N7O6/c1-10-15-30(34(52)39(56)45-29-18-19-29)46-36(53)31-24-44(42(7,8)43(44)20-14-21-43)26-51(31)40(57)35(41(4,5)6)48-38(55)33(28-16-12-11-13-17-28)47-37(54)32-25-50(27(2)3)23-22-49(32)9/h27-33,35H,10-26H2,1-9H3,(H,45,56)(H,46,53)(H,47,54)(H,48,55)/t30?,31-,32+,33-,35+,44+/m0/s1. The van der Waals surface area contributed by atoms with E-state index in [9.17, 15) is 24.0 Å². The second-order valence-corrected chi connectivity index (χ2v) is 20.6. The highest BCUT2D eigenvalue weighted by molar-refractivity contribution is 6.38. The second kappa shape index (κ2) is 16.5. The molecular formula is C44H73N7O6. The molecule has 0 aromatic rings. The predicted octanol–water partition coefficient (Wildman–Crippen LogP) is 3.54. The van der Waals surface area contributed by atoms with Gasteiger partial charge in [-0.15, -0.1) is 0 Å². The number of hydrogen-bond donors (Lipinski definition) is 4. The maximum absolute atomic E-state index is 15.2. The van der Waals surface area contributed by atoms with Crippen LogP contribution in [0.25, 0.3) is 0 Å². The average molecular weight is 796 g/mol. The van der Waals surface area contributed by atoms with E-state index in [4.69, 9.17) is 0 Å². The van der Waals surface area contributed by atoms with Crippen LogP contribution in [0.4, 0.5) is 0 Å². The third-order valence-electron chi connectivity index (χ3n) is 15.6. The SMILES string of the molecule is CCCC(NC(=O)[C@@H]1C[C@@]2(CN1C(=O)[C@@H](NC(=O)[C@@H](NC(=O)[C@H]1CN(C(C)C)CCN1C)C1CCCCC1)C(C)(C)C)C(C)(C)C21CCC1)C(=O)C(=O)NC1CC1. The molecule has 2 saturated heterocycles. The minimum absolute atomic E-state index is 0.0115. The lowest BCUT2D eigenvalue weighted by Crippen LogP contribution is -2.64. The minimum Gasteiger partial charge on any atom is -0.347 e. The molecule has 6 fully saturated rings. The number of fused-ring (bicyclic) bond motifs is 1. The summed E-state index contributed by atoms with van der Waals surface area (Å²) >= 11 is 0. The first kappa shape index (κ1) is 43.5. The largest absolute Gasteiger partial charge is 0.347 e. The molecule has 320 valence electrons. The lowest BCUT2D eigenvalue weighted by atomic mass is 9.73. The molecule has 0 bridgehead atoms. The summed E-state index contributed by atoms with van der Waals surface area (Å²) in [6.45, 7) is 19.0. The van der Waals surface area contributed by atoms with Crippen LogP contribution in [0.3, 0.4) is 0 Å². The number of amides is 5. The van der Waals surface area contributed by atoms with Gasteiger partial charge < -0.3 is 26.2 Å². The Morgan fingerprint density at radius 1 is 0.807 bits per heavy atom. The molecule has 13 heteroatoms. The van der Waals surface area contributed by atoms with E-state index >= 15 is 4.79 Å². The van der Waals surface area contributed by atoms with E-state index in [0.29, 0.717) is 38.4 Å². The van der Waals surface area contributed by atoms with Crippen molar-refractivity contribution in [2.45, 2.75) is 181 Å². The van der Waals surface area contributed by atoms with Gasteiger partial charge in [-0.1, -0.05) is 73.6 Å². The molecule has 0 aromatic heterocycles. The molecular weight excluding hydrogens is 723 g/mol. The van der Waals surface area contributed by atoms with Gasteiger partial charge in [0.2, 0.25) is 29.4 Å². The summed E-state index contributed by atoms with van der Waals surface area (Å²) in [6, 6.07) is -3.73. The highest BCUT2D eigenvalue weighted by Crippen LogP contribution is 2.88. The smallest absolute Gasteiger partial charge is 0.289 e. The lowest BCUT2D eigenvalue weighted by molar-refractivity contribution is -0.146. The van der Waals surface area contributed by atoms with E-state index < -0.39 is 53.2 Å². The zero-order valence-electron chi connectivity index (χ0n) is 36.4. The van der Waals surface area contributed by atoms with E-state index in [1.807, 2.05) is 34.7 Å². The molecule has 4 aliphatic carbocycles. The van der Waals surface area contributed by atoms with Gasteiger partial charge in [-0.25, -0.2) is 0 Å². The van der Waals surface area contributed by atoms with Crippen molar-refractivity contribution < 1.29 is 28.8 Å². The van der Waals surface area contributed by atoms with Crippen molar-refractivity contribution in [2.24, 2.45) is 27.6 Å². The number of likely N-dealkylation sites (N-methyl/N-ethyl adjacent to an activating group) is 1. The number of hydrogen-bond acceptors (Lipinski definition) is 8. The number of Topliss-reactive ketones (excluding diaryl/α,β-unsaturated/α-hetero) is 1. The predicted molar refractivity (Wildman–Crippen MR) is 219 cm³/mol. The van der Waals surface area contributed by atoms with Gasteiger partial charge in [-0.2, -0.15) is 0 Å². The monoisotopic (exact) mass is 796 g/mol. The molecule has 2 heterocycles. The molecule has 5 amide bonds. The maximum atomic E-state index is 15.2. The fraction of sp³-hybridized carbons (Fsp3) is 0.864. The molecule has 2 spiro atoms. The topological polar surface area (TPSA) is 160 Å². The van der Waals surface area contributed by atoms with Crippen molar-refractivity contribution in [1.29, 1.82) is 0 Å².